The van der Waals surface area contributed by atoms with Crippen molar-refractivity contribution in [3.05, 3.63) is 54.1 Å². The summed E-state index contributed by atoms with van der Waals surface area (Å²) in [6.07, 6.45) is 5.57. The third kappa shape index (κ3) is 3.57. The fourth-order valence-corrected chi connectivity index (χ4v) is 4.73. The first-order valence-electron chi connectivity index (χ1n) is 10.5. The van der Waals surface area contributed by atoms with Crippen LogP contribution in [0.1, 0.15) is 24.3 Å². The number of ether oxygens (including phenoxy) is 1. The number of anilines is 2. The summed E-state index contributed by atoms with van der Waals surface area (Å²) in [5, 5.41) is 0.959. The molecule has 29 heavy (non-hydrogen) atoms. The second kappa shape index (κ2) is 7.67. The molecule has 5 rings (SSSR count). The first kappa shape index (κ1) is 18.4. The van der Waals surface area contributed by atoms with E-state index in [0.717, 1.165) is 63.3 Å². The van der Waals surface area contributed by atoms with Gasteiger partial charge in [-0.15, -0.1) is 0 Å². The normalized spacial score (nSPS) is 18.6. The predicted molar refractivity (Wildman–Crippen MR) is 114 cm³/mol. The van der Waals surface area contributed by atoms with Gasteiger partial charge in [0.2, 0.25) is 0 Å². The largest absolute Gasteiger partial charge is 0.378 e. The third-order valence-corrected chi connectivity index (χ3v) is 6.34. The Morgan fingerprint density at radius 1 is 0.966 bits per heavy atom. The maximum atomic E-state index is 13.8. The highest BCUT2D eigenvalue weighted by molar-refractivity contribution is 5.81. The van der Waals surface area contributed by atoms with E-state index in [2.05, 4.69) is 45.2 Å². The van der Waals surface area contributed by atoms with E-state index in [0.29, 0.717) is 5.92 Å². The molecule has 152 valence electrons. The number of hydrogen-bond acceptors (Lipinski definition) is 4. The molecule has 0 spiro atoms. The van der Waals surface area contributed by atoms with Gasteiger partial charge >= 0.3 is 0 Å². The van der Waals surface area contributed by atoms with Crippen LogP contribution < -0.4 is 9.80 Å². The van der Waals surface area contributed by atoms with Gasteiger partial charge in [0.05, 0.1) is 19.4 Å². The third-order valence-electron chi connectivity index (χ3n) is 6.34. The van der Waals surface area contributed by atoms with Crippen LogP contribution in [-0.4, -0.2) is 48.9 Å². The van der Waals surface area contributed by atoms with Gasteiger partial charge in [0, 0.05) is 56.2 Å². The molecule has 0 bridgehead atoms. The second-order valence-electron chi connectivity index (χ2n) is 8.10. The van der Waals surface area contributed by atoms with Crippen molar-refractivity contribution < 1.29 is 9.13 Å². The maximum absolute atomic E-state index is 13.8. The van der Waals surface area contributed by atoms with Crippen LogP contribution in [0.25, 0.3) is 11.0 Å². The fraction of sp³-hybridized carbons (Fsp3) is 0.435. The number of aromatic nitrogens is 2. The Labute approximate surface area is 170 Å². The van der Waals surface area contributed by atoms with Gasteiger partial charge in [0.1, 0.15) is 11.5 Å². The van der Waals surface area contributed by atoms with E-state index in [4.69, 9.17) is 4.74 Å². The highest BCUT2D eigenvalue weighted by Gasteiger charge is 2.24. The number of pyridine rings is 1. The van der Waals surface area contributed by atoms with Crippen LogP contribution in [0.15, 0.2) is 42.7 Å². The summed E-state index contributed by atoms with van der Waals surface area (Å²) in [7, 11) is 1.99. The zero-order valence-corrected chi connectivity index (χ0v) is 16.9. The molecule has 2 aromatic heterocycles. The number of rotatable bonds is 3. The number of hydrogen-bond donors (Lipinski definition) is 0. The minimum Gasteiger partial charge on any atom is -0.378 e. The van der Waals surface area contributed by atoms with Crippen molar-refractivity contribution in [2.45, 2.75) is 18.8 Å². The van der Waals surface area contributed by atoms with Crippen LogP contribution >= 0.6 is 0 Å². The quantitative estimate of drug-likeness (QED) is 0.674. The van der Waals surface area contributed by atoms with Crippen molar-refractivity contribution in [1.82, 2.24) is 9.55 Å². The lowest BCUT2D eigenvalue weighted by Crippen LogP contribution is -2.36. The molecule has 2 aliphatic rings. The molecule has 2 fully saturated rings. The van der Waals surface area contributed by atoms with Crippen molar-refractivity contribution in [2.75, 3.05) is 49.2 Å². The van der Waals surface area contributed by atoms with Crippen LogP contribution in [0.5, 0.6) is 0 Å². The highest BCUT2D eigenvalue weighted by Crippen LogP contribution is 2.35. The monoisotopic (exact) mass is 394 g/mol. The van der Waals surface area contributed by atoms with Gasteiger partial charge < -0.3 is 19.1 Å². The Morgan fingerprint density at radius 3 is 2.24 bits per heavy atom. The number of halogens is 1. The number of fused-ring (bicyclic) bond motifs is 1. The summed E-state index contributed by atoms with van der Waals surface area (Å²) >= 11 is 0. The van der Waals surface area contributed by atoms with E-state index in [1.54, 1.807) is 6.07 Å². The number of piperidine rings is 1. The smallest absolute Gasteiger partial charge is 0.142 e. The highest BCUT2D eigenvalue weighted by atomic mass is 19.1. The molecule has 2 saturated heterocycles. The molecule has 4 heterocycles. The van der Waals surface area contributed by atoms with Gasteiger partial charge in [-0.25, -0.2) is 9.37 Å². The maximum Gasteiger partial charge on any atom is 0.142 e. The van der Waals surface area contributed by atoms with E-state index in [1.165, 1.54) is 23.1 Å². The van der Waals surface area contributed by atoms with Crippen molar-refractivity contribution >= 4 is 22.4 Å². The summed E-state index contributed by atoms with van der Waals surface area (Å²) in [4.78, 5) is 9.11. The van der Waals surface area contributed by atoms with Crippen LogP contribution in [0.3, 0.4) is 0 Å². The molecule has 0 radical (unpaired) electrons. The summed E-state index contributed by atoms with van der Waals surface area (Å²) in [6.45, 7) is 5.57. The molecule has 0 amide bonds. The van der Waals surface area contributed by atoms with Gasteiger partial charge in [0.15, 0.2) is 0 Å². The molecule has 0 unspecified atom stereocenters. The SMILES string of the molecule is Cn1cc(C2CCN(c3ccc(N4CCOCC4)cc3)CC2)c2cc(F)cnc21. The Balaban J connectivity index is 1.28. The summed E-state index contributed by atoms with van der Waals surface area (Å²) in [6, 6.07) is 10.6. The number of morpholine rings is 1. The molecule has 3 aromatic rings. The fourth-order valence-electron chi connectivity index (χ4n) is 4.73. The first-order chi connectivity index (χ1) is 14.2. The molecule has 1 aromatic carbocycles. The molecule has 0 saturated carbocycles. The van der Waals surface area contributed by atoms with E-state index >= 15 is 0 Å². The molecule has 0 aliphatic carbocycles. The number of nitrogens with zero attached hydrogens (tertiary/aromatic N) is 4. The van der Waals surface area contributed by atoms with Crippen molar-refractivity contribution in [1.29, 1.82) is 0 Å². The zero-order valence-electron chi connectivity index (χ0n) is 16.9. The summed E-state index contributed by atoms with van der Waals surface area (Å²) in [5.41, 5.74) is 4.66. The van der Waals surface area contributed by atoms with Gasteiger partial charge in [0.25, 0.3) is 0 Å². The first-order valence-corrected chi connectivity index (χ1v) is 10.5. The topological polar surface area (TPSA) is 33.5 Å². The Kier molecular flexibility index (Phi) is 4.87. The predicted octanol–water partition coefficient (Wildman–Crippen LogP) is 3.93. The van der Waals surface area contributed by atoms with Crippen molar-refractivity contribution in [3.63, 3.8) is 0 Å². The summed E-state index contributed by atoms with van der Waals surface area (Å²) in [5.74, 6) is 0.189. The van der Waals surface area contributed by atoms with Crippen molar-refractivity contribution in [2.24, 2.45) is 7.05 Å². The molecule has 0 N–H and O–H groups in total. The Morgan fingerprint density at radius 2 is 1.59 bits per heavy atom. The van der Waals surface area contributed by atoms with Crippen LogP contribution in [0.4, 0.5) is 15.8 Å². The molecule has 6 heteroatoms. The van der Waals surface area contributed by atoms with Crippen molar-refractivity contribution in [3.8, 4) is 0 Å². The number of aryl methyl sites for hydroxylation is 1. The average molecular weight is 394 g/mol. The minimum absolute atomic E-state index is 0.261. The molecule has 5 nitrogen and oxygen atoms in total. The molecule has 2 aliphatic heterocycles. The standard InChI is InChI=1S/C23H27FN4O/c1-26-16-22(21-14-18(24)15-25-23(21)26)17-6-8-27(9-7-17)19-2-4-20(5-3-19)28-10-12-29-13-11-28/h2-5,14-17H,6-13H2,1H3. The average Bonchev–Trinajstić information content (AvgIpc) is 3.10. The minimum atomic E-state index is -0.261. The lowest BCUT2D eigenvalue weighted by atomic mass is 9.89. The number of benzene rings is 1. The lowest BCUT2D eigenvalue weighted by Gasteiger charge is -2.34. The van der Waals surface area contributed by atoms with Gasteiger partial charge in [-0.05, 0) is 54.7 Å². The van der Waals surface area contributed by atoms with Gasteiger partial charge in [-0.3, -0.25) is 0 Å². The molecular weight excluding hydrogens is 367 g/mol. The molecular formula is C23H27FN4O. The Bertz CT molecular complexity index is 986. The van der Waals surface area contributed by atoms with E-state index in [1.807, 2.05) is 11.6 Å². The van der Waals surface area contributed by atoms with Crippen LogP contribution in [-0.2, 0) is 11.8 Å². The van der Waals surface area contributed by atoms with Crippen LogP contribution in [0.2, 0.25) is 0 Å². The zero-order chi connectivity index (χ0) is 19.8. The van der Waals surface area contributed by atoms with E-state index < -0.39 is 0 Å². The van der Waals surface area contributed by atoms with Gasteiger partial charge in [-0.2, -0.15) is 0 Å². The second-order valence-corrected chi connectivity index (χ2v) is 8.10. The van der Waals surface area contributed by atoms with Crippen LogP contribution in [0, 0.1) is 5.82 Å². The van der Waals surface area contributed by atoms with Gasteiger partial charge in [-0.1, -0.05) is 0 Å². The molecule has 0 atom stereocenters. The van der Waals surface area contributed by atoms with E-state index in [-0.39, 0.29) is 5.82 Å². The van der Waals surface area contributed by atoms with E-state index in [9.17, 15) is 4.39 Å². The summed E-state index contributed by atoms with van der Waals surface area (Å²) < 4.78 is 21.2. The Hall–Kier alpha value is -2.60. The lowest BCUT2D eigenvalue weighted by molar-refractivity contribution is 0.122.